The monoisotopic (exact) mass is 244 g/mol. The lowest BCUT2D eigenvalue weighted by Gasteiger charge is -1.96. The van der Waals surface area contributed by atoms with Crippen LogP contribution in [0.3, 0.4) is 0 Å². The Balaban J connectivity index is 2.97. The van der Waals surface area contributed by atoms with Gasteiger partial charge in [0.1, 0.15) is 15.4 Å². The molecule has 12 heavy (non-hydrogen) atoms. The molecule has 2 nitrogen and oxygen atoms in total. The zero-order valence-corrected chi connectivity index (χ0v) is 8.72. The third-order valence-corrected chi connectivity index (χ3v) is 2.92. The highest BCUT2D eigenvalue weighted by molar-refractivity contribution is 9.10. The maximum Gasteiger partial charge on any atom is 0.139 e. The molecule has 0 N–H and O–H groups in total. The Labute approximate surface area is 83.3 Å². The van der Waals surface area contributed by atoms with Gasteiger partial charge in [-0.15, -0.1) is 0 Å². The van der Waals surface area contributed by atoms with Gasteiger partial charge in [0, 0.05) is 0 Å². The topological polar surface area (TPSA) is 17.3 Å². The van der Waals surface area contributed by atoms with Gasteiger partial charge >= 0.3 is 0 Å². The van der Waals surface area contributed by atoms with Gasteiger partial charge in [-0.05, 0) is 35.0 Å². The highest BCUT2D eigenvalue weighted by Gasteiger charge is 2.06. The van der Waals surface area contributed by atoms with E-state index in [1.165, 1.54) is 0 Å². The van der Waals surface area contributed by atoms with Crippen LogP contribution in [0.1, 0.15) is 5.69 Å². The Bertz CT molecular complexity index is 436. The fraction of sp³-hybridized carbons (Fsp3) is 0.125. The van der Waals surface area contributed by atoms with Gasteiger partial charge in [0.05, 0.1) is 5.69 Å². The molecule has 0 aliphatic carbocycles. The Kier molecular flexibility index (Phi) is 1.85. The van der Waals surface area contributed by atoms with E-state index >= 15 is 0 Å². The maximum atomic E-state index is 5.97. The Morgan fingerprint density at radius 3 is 2.92 bits per heavy atom. The SMILES string of the molecule is Cc1nc2cccc(Cl)n2c1Br. The summed E-state index contributed by atoms with van der Waals surface area (Å²) in [6.07, 6.45) is 0. The molecule has 2 aromatic rings. The van der Waals surface area contributed by atoms with Crippen molar-refractivity contribution in [2.45, 2.75) is 6.92 Å². The van der Waals surface area contributed by atoms with Crippen molar-refractivity contribution in [2.24, 2.45) is 0 Å². The summed E-state index contributed by atoms with van der Waals surface area (Å²) in [5.41, 5.74) is 1.81. The van der Waals surface area contributed by atoms with E-state index in [0.717, 1.165) is 15.9 Å². The Morgan fingerprint density at radius 1 is 1.50 bits per heavy atom. The van der Waals surface area contributed by atoms with E-state index in [9.17, 15) is 0 Å². The van der Waals surface area contributed by atoms with E-state index in [2.05, 4.69) is 20.9 Å². The first-order valence-corrected chi connectivity index (χ1v) is 4.66. The molecule has 0 aromatic carbocycles. The van der Waals surface area contributed by atoms with E-state index in [4.69, 9.17) is 11.6 Å². The zero-order chi connectivity index (χ0) is 8.72. The number of hydrogen-bond donors (Lipinski definition) is 0. The average Bonchev–Trinajstić information content (AvgIpc) is 2.29. The first-order chi connectivity index (χ1) is 5.70. The largest absolute Gasteiger partial charge is 0.277 e. The van der Waals surface area contributed by atoms with Crippen LogP contribution in [0.25, 0.3) is 5.65 Å². The minimum atomic E-state index is 0.667. The molecule has 0 saturated heterocycles. The number of pyridine rings is 1. The number of imidazole rings is 1. The van der Waals surface area contributed by atoms with Crippen molar-refractivity contribution in [3.63, 3.8) is 0 Å². The van der Waals surface area contributed by atoms with Crippen molar-refractivity contribution in [3.8, 4) is 0 Å². The molecule has 2 heterocycles. The van der Waals surface area contributed by atoms with Gasteiger partial charge in [0.2, 0.25) is 0 Å². The minimum Gasteiger partial charge on any atom is -0.277 e. The van der Waals surface area contributed by atoms with Crippen LogP contribution in [0, 0.1) is 6.92 Å². The van der Waals surface area contributed by atoms with Crippen molar-refractivity contribution < 1.29 is 0 Å². The molecule has 2 rings (SSSR count). The molecule has 0 aliphatic heterocycles. The van der Waals surface area contributed by atoms with Crippen LogP contribution >= 0.6 is 27.5 Å². The van der Waals surface area contributed by atoms with Crippen molar-refractivity contribution >= 4 is 33.2 Å². The third-order valence-electron chi connectivity index (χ3n) is 1.70. The predicted molar refractivity (Wildman–Crippen MR) is 52.6 cm³/mol. The second-order valence-corrected chi connectivity index (χ2v) is 3.67. The molecule has 0 spiro atoms. The molecule has 0 unspecified atom stereocenters. The highest BCUT2D eigenvalue weighted by atomic mass is 79.9. The molecule has 62 valence electrons. The summed E-state index contributed by atoms with van der Waals surface area (Å²) < 4.78 is 2.78. The molecular formula is C8H6BrClN2. The van der Waals surface area contributed by atoms with Crippen molar-refractivity contribution in [2.75, 3.05) is 0 Å². The van der Waals surface area contributed by atoms with Crippen LogP contribution in [0.5, 0.6) is 0 Å². The molecule has 0 saturated carbocycles. The second kappa shape index (κ2) is 2.75. The van der Waals surface area contributed by atoms with Crippen LogP contribution < -0.4 is 0 Å². The summed E-state index contributed by atoms with van der Waals surface area (Å²) in [4.78, 5) is 4.31. The van der Waals surface area contributed by atoms with Gasteiger partial charge < -0.3 is 0 Å². The summed E-state index contributed by atoms with van der Waals surface area (Å²) in [5, 5.41) is 0.667. The fourth-order valence-corrected chi connectivity index (χ4v) is 1.94. The zero-order valence-electron chi connectivity index (χ0n) is 6.38. The molecule has 2 aromatic heterocycles. The van der Waals surface area contributed by atoms with Crippen LogP contribution in [0.4, 0.5) is 0 Å². The molecule has 0 bridgehead atoms. The van der Waals surface area contributed by atoms with Gasteiger partial charge in [-0.25, -0.2) is 4.98 Å². The summed E-state index contributed by atoms with van der Waals surface area (Å²) in [6.45, 7) is 1.94. The average molecular weight is 246 g/mol. The molecule has 0 atom stereocenters. The smallest absolute Gasteiger partial charge is 0.139 e. The first-order valence-electron chi connectivity index (χ1n) is 3.49. The van der Waals surface area contributed by atoms with Gasteiger partial charge in [-0.1, -0.05) is 17.7 Å². The predicted octanol–water partition coefficient (Wildman–Crippen LogP) is 3.06. The summed E-state index contributed by atoms with van der Waals surface area (Å²) in [6, 6.07) is 5.64. The summed E-state index contributed by atoms with van der Waals surface area (Å²) in [5.74, 6) is 0. The Morgan fingerprint density at radius 2 is 2.25 bits per heavy atom. The van der Waals surface area contributed by atoms with Gasteiger partial charge in [0.25, 0.3) is 0 Å². The van der Waals surface area contributed by atoms with Crippen molar-refractivity contribution in [3.05, 3.63) is 33.6 Å². The van der Waals surface area contributed by atoms with Crippen molar-refractivity contribution in [1.82, 2.24) is 9.38 Å². The lowest BCUT2D eigenvalue weighted by Crippen LogP contribution is -1.85. The van der Waals surface area contributed by atoms with E-state index in [1.54, 1.807) is 0 Å². The van der Waals surface area contributed by atoms with Crippen LogP contribution in [0.2, 0.25) is 5.15 Å². The Hall–Kier alpha value is -0.540. The molecule has 0 fully saturated rings. The minimum absolute atomic E-state index is 0.667. The first kappa shape index (κ1) is 8.08. The summed E-state index contributed by atoms with van der Waals surface area (Å²) in [7, 11) is 0. The molecule has 4 heteroatoms. The molecular weight excluding hydrogens is 239 g/mol. The number of nitrogens with zero attached hydrogens (tertiary/aromatic N) is 2. The van der Waals surface area contributed by atoms with Crippen LogP contribution in [-0.2, 0) is 0 Å². The van der Waals surface area contributed by atoms with Crippen LogP contribution in [0.15, 0.2) is 22.8 Å². The number of rotatable bonds is 0. The lowest BCUT2D eigenvalue weighted by molar-refractivity contribution is 1.15. The van der Waals surface area contributed by atoms with E-state index in [0.29, 0.717) is 5.15 Å². The van der Waals surface area contributed by atoms with E-state index in [-0.39, 0.29) is 0 Å². The lowest BCUT2D eigenvalue weighted by atomic mass is 10.5. The van der Waals surface area contributed by atoms with E-state index in [1.807, 2.05) is 29.5 Å². The third kappa shape index (κ3) is 1.04. The molecule has 0 radical (unpaired) electrons. The standard InChI is InChI=1S/C8H6BrClN2/c1-5-8(9)12-6(10)3-2-4-7(12)11-5/h2-4H,1H3. The maximum absolute atomic E-state index is 5.97. The fourth-order valence-electron chi connectivity index (χ4n) is 1.13. The van der Waals surface area contributed by atoms with Crippen molar-refractivity contribution in [1.29, 1.82) is 0 Å². The molecule has 0 aliphatic rings. The molecule has 0 amide bonds. The normalized spacial score (nSPS) is 10.9. The highest BCUT2D eigenvalue weighted by Crippen LogP contribution is 2.22. The number of aryl methyl sites for hydroxylation is 1. The van der Waals surface area contributed by atoms with Gasteiger partial charge in [-0.3, -0.25) is 4.40 Å². The number of halogens is 2. The second-order valence-electron chi connectivity index (χ2n) is 2.53. The number of aromatic nitrogens is 2. The van der Waals surface area contributed by atoms with Gasteiger partial charge in [-0.2, -0.15) is 0 Å². The number of hydrogen-bond acceptors (Lipinski definition) is 1. The van der Waals surface area contributed by atoms with Crippen LogP contribution in [-0.4, -0.2) is 9.38 Å². The number of fused-ring (bicyclic) bond motifs is 1. The van der Waals surface area contributed by atoms with E-state index < -0.39 is 0 Å². The van der Waals surface area contributed by atoms with Gasteiger partial charge in [0.15, 0.2) is 0 Å². The summed E-state index contributed by atoms with van der Waals surface area (Å²) >= 11 is 9.39. The quantitative estimate of drug-likeness (QED) is 0.652.